The first kappa shape index (κ1) is 19.8. The van der Waals surface area contributed by atoms with Gasteiger partial charge in [-0.25, -0.2) is 4.79 Å². The van der Waals surface area contributed by atoms with Gasteiger partial charge in [-0.3, -0.25) is 4.79 Å². The topological polar surface area (TPSA) is 63.6 Å². The van der Waals surface area contributed by atoms with E-state index in [-0.39, 0.29) is 45.1 Å². The number of hydrogen-bond acceptors (Lipinski definition) is 4. The Bertz CT molecular complexity index is 816. The number of ketones is 1. The lowest BCUT2D eigenvalue weighted by Crippen LogP contribution is -2.71. The largest absolute Gasteiger partial charge is 0.458 e. The number of cyclic esters (lactones) is 1. The summed E-state index contributed by atoms with van der Waals surface area (Å²) in [7, 11) is 0. The molecule has 0 aromatic rings. The predicted octanol–water partition coefficient (Wildman–Crippen LogP) is 4.59. The van der Waals surface area contributed by atoms with Crippen LogP contribution in [0.5, 0.6) is 0 Å². The maximum absolute atomic E-state index is 14.3. The van der Waals surface area contributed by atoms with Crippen LogP contribution < -0.4 is 0 Å². The molecule has 4 aliphatic carbocycles. The first-order valence-corrected chi connectivity index (χ1v) is 11.6. The van der Waals surface area contributed by atoms with Gasteiger partial charge in [0.05, 0.1) is 6.10 Å². The van der Waals surface area contributed by atoms with Gasteiger partial charge >= 0.3 is 5.97 Å². The van der Waals surface area contributed by atoms with Gasteiger partial charge in [-0.2, -0.15) is 0 Å². The van der Waals surface area contributed by atoms with Gasteiger partial charge in [0.15, 0.2) is 0 Å². The van der Waals surface area contributed by atoms with Crippen LogP contribution in [0.1, 0.15) is 85.5 Å². The van der Waals surface area contributed by atoms with E-state index in [0.717, 1.165) is 63.4 Å². The lowest BCUT2D eigenvalue weighted by molar-refractivity contribution is -0.246. The summed E-state index contributed by atoms with van der Waals surface area (Å²) in [5.74, 6) is 0.356. The van der Waals surface area contributed by atoms with E-state index in [1.807, 2.05) is 0 Å². The van der Waals surface area contributed by atoms with Crippen LogP contribution in [0.2, 0.25) is 0 Å². The van der Waals surface area contributed by atoms with E-state index in [1.54, 1.807) is 6.08 Å². The third-order valence-electron chi connectivity index (χ3n) is 11.2. The fourth-order valence-corrected chi connectivity index (χ4v) is 9.01. The molecule has 160 valence electrons. The first-order valence-electron chi connectivity index (χ1n) is 11.6. The van der Waals surface area contributed by atoms with E-state index in [9.17, 15) is 14.7 Å². The Balaban J connectivity index is 1.57. The number of aliphatic hydroxyl groups is 1. The minimum absolute atomic E-state index is 0.0227. The summed E-state index contributed by atoms with van der Waals surface area (Å²) in [5.41, 5.74) is 0.561. The number of fused-ring (bicyclic) bond motifs is 3. The minimum atomic E-state index is -0.379. The molecule has 5 aliphatic rings. The Morgan fingerprint density at radius 3 is 2.38 bits per heavy atom. The second-order valence-corrected chi connectivity index (χ2v) is 11.9. The molecule has 0 aromatic carbocycles. The maximum Gasteiger partial charge on any atom is 0.331 e. The van der Waals surface area contributed by atoms with Gasteiger partial charge in [0, 0.05) is 16.9 Å². The highest BCUT2D eigenvalue weighted by atomic mass is 16.5. The Morgan fingerprint density at radius 1 is 0.931 bits per heavy atom. The standard InChI is InChI=1S/C25H36O4/c1-21-9-12-25-8-6-18(16-13-19(27)29-15-16)22(2,20(25)28)10-11-24(25,4)23(21,3)7-5-17(26)14-21/h13,17-18,26H,5-12,14-15H2,1-4H3/t17-,18+,21-,22+,23+,24+,25+/m0/s1. The zero-order valence-electron chi connectivity index (χ0n) is 18.5. The zero-order valence-corrected chi connectivity index (χ0v) is 18.5. The van der Waals surface area contributed by atoms with Crippen LogP contribution in [0.15, 0.2) is 11.6 Å². The van der Waals surface area contributed by atoms with Crippen LogP contribution in [0.25, 0.3) is 0 Å². The van der Waals surface area contributed by atoms with Crippen molar-refractivity contribution in [1.82, 2.24) is 0 Å². The molecule has 5 rings (SSSR count). The third kappa shape index (κ3) is 2.15. The number of ether oxygens (including phenoxy) is 1. The SMILES string of the molecule is C[C@@]12CC[C@@]34CC[C@H](C5=CC(=O)OC5)[C@@](C)(CC[C@]3(C)[C@]1(C)CC[C@H](O)C2)C4=O. The minimum Gasteiger partial charge on any atom is -0.458 e. The normalized spacial score (nSPS) is 54.3. The van der Waals surface area contributed by atoms with Crippen LogP contribution in [-0.2, 0) is 14.3 Å². The monoisotopic (exact) mass is 400 g/mol. The number of carbonyl (C=O) groups excluding carboxylic acids is 2. The third-order valence-corrected chi connectivity index (χ3v) is 11.2. The molecule has 7 atom stereocenters. The molecule has 0 saturated heterocycles. The van der Waals surface area contributed by atoms with E-state index in [4.69, 9.17) is 4.74 Å². The lowest BCUT2D eigenvalue weighted by atomic mass is 9.29. The molecule has 0 amide bonds. The number of esters is 1. The molecule has 4 heteroatoms. The van der Waals surface area contributed by atoms with Gasteiger partial charge in [0.25, 0.3) is 0 Å². The van der Waals surface area contributed by atoms with Gasteiger partial charge in [-0.05, 0) is 85.5 Å². The molecule has 4 nitrogen and oxygen atoms in total. The quantitative estimate of drug-likeness (QED) is 0.654. The Kier molecular flexibility index (Phi) is 3.92. The average molecular weight is 401 g/mol. The van der Waals surface area contributed by atoms with Crippen molar-refractivity contribution in [1.29, 1.82) is 0 Å². The highest BCUT2D eigenvalue weighted by molar-refractivity contribution is 5.94. The molecule has 0 radical (unpaired) electrons. The Morgan fingerprint density at radius 2 is 1.69 bits per heavy atom. The van der Waals surface area contributed by atoms with Crippen molar-refractivity contribution in [3.05, 3.63) is 11.6 Å². The van der Waals surface area contributed by atoms with Crippen LogP contribution in [0.4, 0.5) is 0 Å². The van der Waals surface area contributed by atoms with Gasteiger partial charge in [0.2, 0.25) is 0 Å². The van der Waals surface area contributed by atoms with E-state index in [0.29, 0.717) is 12.4 Å². The molecule has 4 saturated carbocycles. The van der Waals surface area contributed by atoms with E-state index < -0.39 is 0 Å². The summed E-state index contributed by atoms with van der Waals surface area (Å²) >= 11 is 0. The molecule has 1 spiro atoms. The van der Waals surface area contributed by atoms with Crippen molar-refractivity contribution < 1.29 is 19.4 Å². The van der Waals surface area contributed by atoms with Gasteiger partial charge in [0.1, 0.15) is 12.4 Å². The highest BCUT2D eigenvalue weighted by Crippen LogP contribution is 2.78. The smallest absolute Gasteiger partial charge is 0.331 e. The summed E-state index contributed by atoms with van der Waals surface area (Å²) in [6.45, 7) is 9.77. The van der Waals surface area contributed by atoms with Crippen molar-refractivity contribution in [3.8, 4) is 0 Å². The summed E-state index contributed by atoms with van der Waals surface area (Å²) in [5, 5.41) is 10.4. The molecule has 29 heavy (non-hydrogen) atoms. The van der Waals surface area contributed by atoms with E-state index >= 15 is 0 Å². The van der Waals surface area contributed by atoms with Crippen molar-refractivity contribution in [3.63, 3.8) is 0 Å². The van der Waals surface area contributed by atoms with E-state index in [2.05, 4.69) is 27.7 Å². The molecule has 2 bridgehead atoms. The highest BCUT2D eigenvalue weighted by Gasteiger charge is 2.75. The Hall–Kier alpha value is -1.16. The van der Waals surface area contributed by atoms with Crippen molar-refractivity contribution in [2.24, 2.45) is 33.0 Å². The molecule has 0 unspecified atom stereocenters. The zero-order chi connectivity index (χ0) is 20.9. The molecule has 0 aromatic heterocycles. The Labute approximate surface area is 174 Å². The fourth-order valence-electron chi connectivity index (χ4n) is 9.01. The number of hydrogen-bond donors (Lipinski definition) is 1. The summed E-state index contributed by atoms with van der Waals surface area (Å²) in [6, 6.07) is 0. The maximum atomic E-state index is 14.3. The van der Waals surface area contributed by atoms with Crippen LogP contribution >= 0.6 is 0 Å². The number of Topliss-reactive ketones (excluding diaryl/α,β-unsaturated/α-hetero) is 1. The predicted molar refractivity (Wildman–Crippen MR) is 110 cm³/mol. The van der Waals surface area contributed by atoms with Crippen LogP contribution in [-0.4, -0.2) is 29.6 Å². The van der Waals surface area contributed by atoms with Crippen LogP contribution in [0.3, 0.4) is 0 Å². The van der Waals surface area contributed by atoms with Gasteiger partial charge in [-0.15, -0.1) is 0 Å². The number of rotatable bonds is 1. The average Bonchev–Trinajstić information content (AvgIpc) is 3.08. The lowest BCUT2D eigenvalue weighted by Gasteiger charge is -2.74. The van der Waals surface area contributed by atoms with Gasteiger partial charge in [-0.1, -0.05) is 27.7 Å². The molecule has 4 fully saturated rings. The van der Waals surface area contributed by atoms with Crippen molar-refractivity contribution in [2.75, 3.05) is 6.61 Å². The van der Waals surface area contributed by atoms with Crippen molar-refractivity contribution in [2.45, 2.75) is 91.6 Å². The fraction of sp³-hybridized carbons (Fsp3) is 0.840. The second kappa shape index (κ2) is 5.75. The number of aliphatic hydroxyl groups excluding tert-OH is 1. The second-order valence-electron chi connectivity index (χ2n) is 11.9. The molecule has 1 N–H and O–H groups in total. The molecule has 1 aliphatic heterocycles. The molecular weight excluding hydrogens is 364 g/mol. The van der Waals surface area contributed by atoms with Crippen LogP contribution in [0, 0.1) is 33.0 Å². The molecule has 1 heterocycles. The summed E-state index contributed by atoms with van der Waals surface area (Å²) in [4.78, 5) is 26.0. The van der Waals surface area contributed by atoms with Crippen molar-refractivity contribution >= 4 is 11.8 Å². The number of carbonyl (C=O) groups is 2. The van der Waals surface area contributed by atoms with Gasteiger partial charge < -0.3 is 9.84 Å². The molecular formula is C25H36O4. The summed E-state index contributed by atoms with van der Waals surface area (Å²) in [6.07, 6.45) is 10.1. The van der Waals surface area contributed by atoms with E-state index in [1.165, 1.54) is 0 Å². The first-order chi connectivity index (χ1) is 13.5. The summed E-state index contributed by atoms with van der Waals surface area (Å²) < 4.78 is 5.20.